The van der Waals surface area contributed by atoms with E-state index in [1.807, 2.05) is 0 Å². The van der Waals surface area contributed by atoms with Gasteiger partial charge in [-0.2, -0.15) is 26.3 Å². The highest BCUT2D eigenvalue weighted by molar-refractivity contribution is 5.47. The number of pyridine rings is 1. The molecular formula is C16H9F6N3O3. The van der Waals surface area contributed by atoms with Crippen molar-refractivity contribution in [1.29, 1.82) is 0 Å². The van der Waals surface area contributed by atoms with Gasteiger partial charge < -0.3 is 13.9 Å². The van der Waals surface area contributed by atoms with Gasteiger partial charge in [0.25, 0.3) is 5.89 Å². The molecule has 0 aliphatic heterocycles. The molecule has 0 unspecified atom stereocenters. The Morgan fingerprint density at radius 3 is 2.39 bits per heavy atom. The summed E-state index contributed by atoms with van der Waals surface area (Å²) in [4.78, 5) is 3.97. The van der Waals surface area contributed by atoms with Crippen molar-refractivity contribution >= 4 is 0 Å². The average molecular weight is 405 g/mol. The molecule has 0 N–H and O–H groups in total. The first-order chi connectivity index (χ1) is 13.1. The van der Waals surface area contributed by atoms with Crippen molar-refractivity contribution in [2.24, 2.45) is 0 Å². The number of hydrogen-bond acceptors (Lipinski definition) is 6. The summed E-state index contributed by atoms with van der Waals surface area (Å²) in [5, 5.41) is 6.81. The fourth-order valence-electron chi connectivity index (χ4n) is 1.96. The predicted molar refractivity (Wildman–Crippen MR) is 80.6 cm³/mol. The van der Waals surface area contributed by atoms with Gasteiger partial charge in [0.1, 0.15) is 11.4 Å². The van der Waals surface area contributed by atoms with Gasteiger partial charge in [0.2, 0.25) is 5.88 Å². The van der Waals surface area contributed by atoms with Crippen molar-refractivity contribution < 1.29 is 40.2 Å². The summed E-state index contributed by atoms with van der Waals surface area (Å²) in [5.74, 6) is -0.460. The molecule has 0 bridgehead atoms. The summed E-state index contributed by atoms with van der Waals surface area (Å²) < 4.78 is 89.1. The van der Waals surface area contributed by atoms with Crippen LogP contribution in [0.2, 0.25) is 0 Å². The smallest absolute Gasteiger partial charge is 0.422 e. The number of halogens is 6. The monoisotopic (exact) mass is 405 g/mol. The topological polar surface area (TPSA) is 70.3 Å². The van der Waals surface area contributed by atoms with Gasteiger partial charge >= 0.3 is 18.4 Å². The first-order valence-corrected chi connectivity index (χ1v) is 7.46. The van der Waals surface area contributed by atoms with Crippen LogP contribution in [-0.4, -0.2) is 28.0 Å². The number of rotatable bonds is 5. The van der Waals surface area contributed by atoms with Crippen LogP contribution < -0.4 is 9.47 Å². The van der Waals surface area contributed by atoms with E-state index in [-0.39, 0.29) is 23.2 Å². The second-order valence-electron chi connectivity index (χ2n) is 5.27. The molecule has 6 nitrogen and oxygen atoms in total. The molecule has 0 amide bonds. The lowest BCUT2D eigenvalue weighted by Gasteiger charge is -2.09. The van der Waals surface area contributed by atoms with Crippen molar-refractivity contribution in [2.45, 2.75) is 12.4 Å². The minimum absolute atomic E-state index is 0.0267. The Balaban J connectivity index is 1.75. The summed E-state index contributed by atoms with van der Waals surface area (Å²) in [6, 6.07) is 8.35. The van der Waals surface area contributed by atoms with Crippen molar-refractivity contribution in [3.8, 4) is 29.3 Å². The Morgan fingerprint density at radius 1 is 0.929 bits per heavy atom. The normalized spacial score (nSPS) is 12.1. The molecule has 12 heteroatoms. The van der Waals surface area contributed by atoms with E-state index in [0.717, 1.165) is 12.1 Å². The van der Waals surface area contributed by atoms with Gasteiger partial charge in [0.15, 0.2) is 6.61 Å². The van der Waals surface area contributed by atoms with E-state index in [0.29, 0.717) is 0 Å². The lowest BCUT2D eigenvalue weighted by atomic mass is 10.2. The second-order valence-corrected chi connectivity index (χ2v) is 5.27. The quantitative estimate of drug-likeness (QED) is 0.564. The van der Waals surface area contributed by atoms with Crippen LogP contribution in [0.5, 0.6) is 17.7 Å². The van der Waals surface area contributed by atoms with Crippen molar-refractivity contribution in [1.82, 2.24) is 15.2 Å². The van der Waals surface area contributed by atoms with Gasteiger partial charge in [-0.1, -0.05) is 17.2 Å². The molecule has 0 saturated carbocycles. The number of benzene rings is 1. The summed E-state index contributed by atoms with van der Waals surface area (Å²) in [6.07, 6.45) is -9.82. The molecule has 0 atom stereocenters. The lowest BCUT2D eigenvalue weighted by Crippen LogP contribution is -2.19. The number of alkyl halides is 6. The molecule has 2 heterocycles. The highest BCUT2D eigenvalue weighted by atomic mass is 19.4. The molecule has 0 saturated heterocycles. The maximum Gasteiger partial charge on any atom is 0.422 e. The SMILES string of the molecule is FC(F)(F)COc1nnc(-c2cccc(Oc3cccc(C(F)(F)F)c3)n2)o1. The van der Waals surface area contributed by atoms with E-state index in [1.165, 1.54) is 30.3 Å². The van der Waals surface area contributed by atoms with Gasteiger partial charge in [-0.25, -0.2) is 4.98 Å². The first kappa shape index (κ1) is 19.5. The Labute approximate surface area is 152 Å². The summed E-state index contributed by atoms with van der Waals surface area (Å²) in [6.45, 7) is -1.61. The molecule has 28 heavy (non-hydrogen) atoms. The molecule has 0 spiro atoms. The summed E-state index contributed by atoms with van der Waals surface area (Å²) >= 11 is 0. The Bertz CT molecular complexity index is 955. The summed E-state index contributed by atoms with van der Waals surface area (Å²) in [7, 11) is 0. The first-order valence-electron chi connectivity index (χ1n) is 7.46. The average Bonchev–Trinajstić information content (AvgIpc) is 3.08. The van der Waals surface area contributed by atoms with Crippen molar-refractivity contribution in [2.75, 3.05) is 6.61 Å². The van der Waals surface area contributed by atoms with Crippen LogP contribution in [0.3, 0.4) is 0 Å². The van der Waals surface area contributed by atoms with Crippen LogP contribution in [0.4, 0.5) is 26.3 Å². The molecule has 3 aromatic rings. The van der Waals surface area contributed by atoms with Gasteiger partial charge in [-0.15, -0.1) is 5.10 Å². The standard InChI is InChI=1S/C16H9F6N3O3/c17-15(18,19)8-26-14-25-24-13(28-14)11-5-2-6-12(23-11)27-10-4-1-3-9(7-10)16(20,21)22/h1-7H,8H2. The molecule has 0 radical (unpaired) electrons. The fraction of sp³-hybridized carbons (Fsp3) is 0.188. The van der Waals surface area contributed by atoms with E-state index in [9.17, 15) is 26.3 Å². The highest BCUT2D eigenvalue weighted by Crippen LogP contribution is 2.32. The number of aromatic nitrogens is 3. The van der Waals surface area contributed by atoms with Gasteiger partial charge in [-0.05, 0) is 24.3 Å². The number of nitrogens with zero attached hydrogens (tertiary/aromatic N) is 3. The summed E-state index contributed by atoms with van der Waals surface area (Å²) in [5.41, 5.74) is -0.872. The zero-order valence-electron chi connectivity index (χ0n) is 13.6. The minimum Gasteiger partial charge on any atom is -0.439 e. The van der Waals surface area contributed by atoms with Crippen molar-refractivity contribution in [3.05, 3.63) is 48.0 Å². The van der Waals surface area contributed by atoms with E-state index < -0.39 is 30.6 Å². The maximum atomic E-state index is 12.7. The van der Waals surface area contributed by atoms with Crippen LogP contribution >= 0.6 is 0 Å². The van der Waals surface area contributed by atoms with E-state index >= 15 is 0 Å². The molecule has 0 fully saturated rings. The fourth-order valence-corrected chi connectivity index (χ4v) is 1.96. The second kappa shape index (κ2) is 7.37. The van der Waals surface area contributed by atoms with Crippen LogP contribution in [-0.2, 0) is 6.18 Å². The van der Waals surface area contributed by atoms with Crippen LogP contribution in [0.1, 0.15) is 5.56 Å². The van der Waals surface area contributed by atoms with Gasteiger partial charge in [-0.3, -0.25) is 0 Å². The highest BCUT2D eigenvalue weighted by Gasteiger charge is 2.31. The zero-order chi connectivity index (χ0) is 20.4. The minimum atomic E-state index is -4.58. The Hall–Kier alpha value is -3.31. The van der Waals surface area contributed by atoms with Gasteiger partial charge in [0, 0.05) is 6.07 Å². The maximum absolute atomic E-state index is 12.7. The Kier molecular flexibility index (Phi) is 5.12. The van der Waals surface area contributed by atoms with E-state index in [4.69, 9.17) is 9.15 Å². The molecule has 3 rings (SSSR count). The van der Waals surface area contributed by atoms with Crippen LogP contribution in [0, 0.1) is 0 Å². The Morgan fingerprint density at radius 2 is 1.68 bits per heavy atom. The molecular weight excluding hydrogens is 396 g/mol. The van der Waals surface area contributed by atoms with Crippen LogP contribution in [0.25, 0.3) is 11.6 Å². The largest absolute Gasteiger partial charge is 0.439 e. The van der Waals surface area contributed by atoms with Gasteiger partial charge in [0.05, 0.1) is 5.56 Å². The van der Waals surface area contributed by atoms with E-state index in [2.05, 4.69) is 19.9 Å². The third kappa shape index (κ3) is 5.11. The molecule has 148 valence electrons. The number of hydrogen-bond donors (Lipinski definition) is 0. The zero-order valence-corrected chi connectivity index (χ0v) is 13.6. The van der Waals surface area contributed by atoms with Crippen molar-refractivity contribution in [3.63, 3.8) is 0 Å². The molecule has 2 aromatic heterocycles. The van der Waals surface area contributed by atoms with E-state index in [1.54, 1.807) is 0 Å². The number of ether oxygens (including phenoxy) is 2. The molecule has 1 aromatic carbocycles. The molecule has 0 aliphatic rings. The molecule has 0 aliphatic carbocycles. The third-order valence-electron chi connectivity index (χ3n) is 3.09. The predicted octanol–water partition coefficient (Wildman–Crippen LogP) is 4.88. The lowest BCUT2D eigenvalue weighted by molar-refractivity contribution is -0.156. The van der Waals surface area contributed by atoms with Crippen LogP contribution in [0.15, 0.2) is 46.9 Å². The third-order valence-corrected chi connectivity index (χ3v) is 3.09.